The molecule has 3 unspecified atom stereocenters. The molecule has 0 aromatic heterocycles. The summed E-state index contributed by atoms with van der Waals surface area (Å²) in [5, 5.41) is 0. The van der Waals surface area contributed by atoms with E-state index >= 15 is 0 Å². The first kappa shape index (κ1) is 16.0. The van der Waals surface area contributed by atoms with Crippen molar-refractivity contribution < 1.29 is 23.9 Å². The van der Waals surface area contributed by atoms with Crippen LogP contribution >= 0.6 is 0 Å². The molecular formula is C16H24O5. The zero-order valence-corrected chi connectivity index (χ0v) is 13.1. The molecule has 2 aliphatic heterocycles. The van der Waals surface area contributed by atoms with Gasteiger partial charge >= 0.3 is 11.9 Å². The Hall–Kier alpha value is -1.39. The molecule has 0 N–H and O–H groups in total. The van der Waals surface area contributed by atoms with Gasteiger partial charge in [-0.15, -0.1) is 0 Å². The summed E-state index contributed by atoms with van der Waals surface area (Å²) in [5.41, 5.74) is -1.53. The van der Waals surface area contributed by atoms with Crippen LogP contribution in [-0.2, 0) is 23.9 Å². The molecule has 3 rings (SSSR count). The average Bonchev–Trinajstić information content (AvgIpc) is 2.39. The summed E-state index contributed by atoms with van der Waals surface area (Å²) in [6.45, 7) is 5.60. The monoisotopic (exact) mass is 296 g/mol. The van der Waals surface area contributed by atoms with Gasteiger partial charge in [0.25, 0.3) is 0 Å². The quantitative estimate of drug-likeness (QED) is 0.704. The molecule has 0 amide bonds. The highest BCUT2D eigenvalue weighted by Gasteiger charge is 2.60. The molecule has 3 fully saturated rings. The van der Waals surface area contributed by atoms with E-state index in [1.54, 1.807) is 0 Å². The third-order valence-electron chi connectivity index (χ3n) is 4.86. The molecule has 5 nitrogen and oxygen atoms in total. The van der Waals surface area contributed by atoms with Crippen LogP contribution in [0.5, 0.6) is 0 Å². The second-order valence-corrected chi connectivity index (χ2v) is 6.59. The number of Topliss-reactive ketones (excluding diaryl/α,β-unsaturated/α-hetero) is 1. The number of esters is 2. The lowest BCUT2D eigenvalue weighted by Crippen LogP contribution is -2.64. The van der Waals surface area contributed by atoms with Gasteiger partial charge in [0, 0.05) is 19.3 Å². The summed E-state index contributed by atoms with van der Waals surface area (Å²) in [6.07, 6.45) is 3.63. The second kappa shape index (κ2) is 5.78. The Labute approximate surface area is 125 Å². The van der Waals surface area contributed by atoms with Gasteiger partial charge < -0.3 is 9.47 Å². The van der Waals surface area contributed by atoms with Crippen molar-refractivity contribution in [2.24, 2.45) is 5.92 Å². The van der Waals surface area contributed by atoms with E-state index in [4.69, 9.17) is 9.47 Å². The predicted octanol–water partition coefficient (Wildman–Crippen LogP) is 2.55. The molecule has 3 atom stereocenters. The van der Waals surface area contributed by atoms with Crippen molar-refractivity contribution in [2.45, 2.75) is 76.9 Å². The van der Waals surface area contributed by atoms with Crippen LogP contribution in [0.3, 0.4) is 0 Å². The zero-order chi connectivity index (χ0) is 15.7. The number of ether oxygens (including phenoxy) is 2. The fraction of sp³-hybridized carbons (Fsp3) is 0.812. The lowest BCUT2D eigenvalue weighted by atomic mass is 9.66. The molecular weight excluding hydrogens is 272 g/mol. The summed E-state index contributed by atoms with van der Waals surface area (Å²) in [4.78, 5) is 35.2. The molecule has 2 heterocycles. The van der Waals surface area contributed by atoms with Crippen LogP contribution in [-0.4, -0.2) is 28.9 Å². The van der Waals surface area contributed by atoms with E-state index < -0.39 is 11.2 Å². The number of carbonyl (C=O) groups is 3. The van der Waals surface area contributed by atoms with E-state index in [9.17, 15) is 14.4 Å². The summed E-state index contributed by atoms with van der Waals surface area (Å²) < 4.78 is 11.1. The van der Waals surface area contributed by atoms with E-state index in [2.05, 4.69) is 0 Å². The maximum atomic E-state index is 12.0. The number of fused-ring (bicyclic) bond motifs is 3. The zero-order valence-electron chi connectivity index (χ0n) is 13.1. The molecule has 0 aromatic rings. The van der Waals surface area contributed by atoms with Crippen LogP contribution < -0.4 is 0 Å². The smallest absolute Gasteiger partial charge is 0.309 e. The fourth-order valence-corrected chi connectivity index (χ4v) is 3.26. The lowest BCUT2D eigenvalue weighted by molar-refractivity contribution is -0.247. The van der Waals surface area contributed by atoms with Crippen molar-refractivity contribution in [1.82, 2.24) is 0 Å². The third kappa shape index (κ3) is 3.11. The van der Waals surface area contributed by atoms with Crippen LogP contribution in [0.2, 0.25) is 0 Å². The van der Waals surface area contributed by atoms with Crippen molar-refractivity contribution in [1.29, 1.82) is 0 Å². The number of rotatable bonds is 6. The van der Waals surface area contributed by atoms with Gasteiger partial charge in [-0.2, -0.15) is 0 Å². The van der Waals surface area contributed by atoms with E-state index in [1.165, 1.54) is 0 Å². The van der Waals surface area contributed by atoms with Gasteiger partial charge in [0.2, 0.25) is 0 Å². The van der Waals surface area contributed by atoms with E-state index in [1.807, 2.05) is 20.8 Å². The fourth-order valence-electron chi connectivity index (χ4n) is 3.26. The minimum Gasteiger partial charge on any atom is -0.455 e. The van der Waals surface area contributed by atoms with E-state index in [0.717, 1.165) is 12.8 Å². The Kier molecular flexibility index (Phi) is 4.40. The number of ketones is 1. The first-order valence-corrected chi connectivity index (χ1v) is 7.76. The molecule has 0 radical (unpaired) electrons. The predicted molar refractivity (Wildman–Crippen MR) is 75.5 cm³/mol. The maximum Gasteiger partial charge on any atom is 0.309 e. The minimum atomic E-state index is -0.783. The molecule has 1 aliphatic carbocycles. The molecule has 2 saturated heterocycles. The van der Waals surface area contributed by atoms with Crippen molar-refractivity contribution in [2.75, 3.05) is 0 Å². The van der Waals surface area contributed by atoms with Gasteiger partial charge in [-0.05, 0) is 33.1 Å². The molecule has 1 saturated carbocycles. The van der Waals surface area contributed by atoms with E-state index in [-0.39, 0.29) is 36.5 Å². The molecule has 118 valence electrons. The van der Waals surface area contributed by atoms with Gasteiger partial charge in [-0.3, -0.25) is 14.4 Å². The summed E-state index contributed by atoms with van der Waals surface area (Å²) in [7, 11) is 0. The largest absolute Gasteiger partial charge is 0.455 e. The summed E-state index contributed by atoms with van der Waals surface area (Å²) in [5.74, 6) is -0.657. The first-order chi connectivity index (χ1) is 9.79. The van der Waals surface area contributed by atoms with Gasteiger partial charge in [0.1, 0.15) is 17.0 Å². The molecule has 0 aromatic carbocycles. The average molecular weight is 296 g/mol. The Morgan fingerprint density at radius 1 is 1.29 bits per heavy atom. The highest BCUT2D eigenvalue weighted by molar-refractivity contribution is 5.83. The topological polar surface area (TPSA) is 69.7 Å². The number of carbonyl (C=O) groups excluding carboxylic acids is 3. The van der Waals surface area contributed by atoms with Crippen molar-refractivity contribution >= 4 is 17.7 Å². The normalized spacial score (nSPS) is 34.4. The van der Waals surface area contributed by atoms with Crippen molar-refractivity contribution in [3.63, 3.8) is 0 Å². The van der Waals surface area contributed by atoms with Gasteiger partial charge in [-0.1, -0.05) is 6.92 Å². The highest BCUT2D eigenvalue weighted by Crippen LogP contribution is 2.50. The maximum absolute atomic E-state index is 12.0. The highest BCUT2D eigenvalue weighted by atomic mass is 16.6. The molecule has 3 aliphatic rings. The molecule has 21 heavy (non-hydrogen) atoms. The lowest BCUT2D eigenvalue weighted by Gasteiger charge is -2.54. The van der Waals surface area contributed by atoms with Crippen LogP contribution in [0.25, 0.3) is 0 Å². The van der Waals surface area contributed by atoms with Crippen molar-refractivity contribution in [3.05, 3.63) is 0 Å². The Morgan fingerprint density at radius 3 is 2.57 bits per heavy atom. The van der Waals surface area contributed by atoms with Crippen LogP contribution in [0.4, 0.5) is 0 Å². The second-order valence-electron chi connectivity index (χ2n) is 6.59. The van der Waals surface area contributed by atoms with Crippen LogP contribution in [0, 0.1) is 5.92 Å². The molecule has 5 heteroatoms. The Bertz CT molecular complexity index is 458. The standard InChI is InChI=1S/C16H24O5/c1-4-5-12(17)6-7-13(18)20-16(3)10-11-8-9-15(16,2)21-14(11)19/h11H,4-10H2,1-3H3. The van der Waals surface area contributed by atoms with Crippen LogP contribution in [0.15, 0.2) is 0 Å². The first-order valence-electron chi connectivity index (χ1n) is 7.76. The van der Waals surface area contributed by atoms with Gasteiger partial charge in [0.05, 0.1) is 12.3 Å². The van der Waals surface area contributed by atoms with Crippen molar-refractivity contribution in [3.8, 4) is 0 Å². The summed E-state index contributed by atoms with van der Waals surface area (Å²) in [6, 6.07) is 0. The third-order valence-corrected chi connectivity index (χ3v) is 4.86. The van der Waals surface area contributed by atoms with Crippen LogP contribution in [0.1, 0.15) is 65.7 Å². The Balaban J connectivity index is 1.94. The number of hydrogen-bond acceptors (Lipinski definition) is 5. The Morgan fingerprint density at radius 2 is 2.00 bits per heavy atom. The summed E-state index contributed by atoms with van der Waals surface area (Å²) >= 11 is 0. The molecule has 2 bridgehead atoms. The van der Waals surface area contributed by atoms with Gasteiger partial charge in [-0.25, -0.2) is 0 Å². The SMILES string of the molecule is CCCC(=O)CCC(=O)OC1(C)CC2CCC1(C)OC2=O. The molecule has 0 spiro atoms. The van der Waals surface area contributed by atoms with E-state index in [0.29, 0.717) is 19.3 Å². The van der Waals surface area contributed by atoms with Gasteiger partial charge in [0.15, 0.2) is 0 Å². The minimum absolute atomic E-state index is 0.0856. The number of hydrogen-bond donors (Lipinski definition) is 0.